The lowest BCUT2D eigenvalue weighted by atomic mass is 9.93. The standard InChI is InChI=1S/C21H21N3O2/c1-14-12-15-6-2-5-9-19(15)24(13-14)20(25)11-10-18-21(26)23-17-8-4-3-7-16(17)22-18/h2-9,14H,10-13H2,1H3,(H,23,26). The van der Waals surface area contributed by atoms with E-state index in [0.29, 0.717) is 23.5 Å². The van der Waals surface area contributed by atoms with E-state index >= 15 is 0 Å². The van der Waals surface area contributed by atoms with Crippen molar-refractivity contribution in [3.8, 4) is 0 Å². The molecule has 0 radical (unpaired) electrons. The Morgan fingerprint density at radius 2 is 1.96 bits per heavy atom. The van der Waals surface area contributed by atoms with Crippen molar-refractivity contribution in [3.63, 3.8) is 0 Å². The van der Waals surface area contributed by atoms with Crippen molar-refractivity contribution < 1.29 is 4.79 Å². The molecule has 0 fully saturated rings. The Hall–Kier alpha value is -2.95. The average molecular weight is 347 g/mol. The predicted molar refractivity (Wildman–Crippen MR) is 102 cm³/mol. The maximum Gasteiger partial charge on any atom is 0.270 e. The first kappa shape index (κ1) is 16.5. The maximum absolute atomic E-state index is 12.8. The molecule has 3 aromatic rings. The van der Waals surface area contributed by atoms with E-state index in [-0.39, 0.29) is 17.9 Å². The van der Waals surface area contributed by atoms with Crippen LogP contribution in [0.2, 0.25) is 0 Å². The number of carbonyl (C=O) groups excluding carboxylic acids is 1. The van der Waals surface area contributed by atoms with E-state index in [1.807, 2.05) is 47.4 Å². The molecule has 1 unspecified atom stereocenters. The van der Waals surface area contributed by atoms with Crippen molar-refractivity contribution in [1.82, 2.24) is 9.97 Å². The second-order valence-corrected chi connectivity index (χ2v) is 6.97. The number of carbonyl (C=O) groups is 1. The predicted octanol–water partition coefficient (Wildman–Crippen LogP) is 3.08. The normalized spacial score (nSPS) is 16.5. The topological polar surface area (TPSA) is 66.1 Å². The Balaban J connectivity index is 1.54. The zero-order valence-corrected chi connectivity index (χ0v) is 14.7. The molecule has 2 aromatic carbocycles. The summed E-state index contributed by atoms with van der Waals surface area (Å²) in [5.41, 5.74) is 3.86. The molecule has 0 aliphatic carbocycles. The van der Waals surface area contributed by atoms with Crippen molar-refractivity contribution in [3.05, 3.63) is 70.1 Å². The number of nitrogens with zero attached hydrogens (tertiary/aromatic N) is 2. The van der Waals surface area contributed by atoms with Crippen LogP contribution in [0.4, 0.5) is 5.69 Å². The van der Waals surface area contributed by atoms with Gasteiger partial charge in [-0.1, -0.05) is 37.3 Å². The molecule has 0 bridgehead atoms. The van der Waals surface area contributed by atoms with Gasteiger partial charge in [-0.15, -0.1) is 0 Å². The highest BCUT2D eigenvalue weighted by atomic mass is 16.2. The second kappa shape index (κ2) is 6.75. The molecular weight excluding hydrogens is 326 g/mol. The lowest BCUT2D eigenvalue weighted by molar-refractivity contribution is -0.118. The van der Waals surface area contributed by atoms with Crippen LogP contribution < -0.4 is 10.5 Å². The zero-order chi connectivity index (χ0) is 18.1. The number of aromatic amines is 1. The fourth-order valence-electron chi connectivity index (χ4n) is 3.63. The number of amides is 1. The summed E-state index contributed by atoms with van der Waals surface area (Å²) >= 11 is 0. The molecule has 26 heavy (non-hydrogen) atoms. The van der Waals surface area contributed by atoms with Crippen LogP contribution in [0, 0.1) is 5.92 Å². The Morgan fingerprint density at radius 3 is 2.85 bits per heavy atom. The number of aromatic nitrogens is 2. The highest BCUT2D eigenvalue weighted by Crippen LogP contribution is 2.29. The highest BCUT2D eigenvalue weighted by molar-refractivity contribution is 5.94. The SMILES string of the molecule is CC1Cc2ccccc2N(C(=O)CCc2nc3ccccc3[nH]c2=O)C1. The van der Waals surface area contributed by atoms with Gasteiger partial charge in [0.1, 0.15) is 5.69 Å². The number of aryl methyl sites for hydroxylation is 1. The van der Waals surface area contributed by atoms with Gasteiger partial charge < -0.3 is 9.88 Å². The van der Waals surface area contributed by atoms with E-state index in [9.17, 15) is 9.59 Å². The molecule has 1 aliphatic heterocycles. The molecule has 1 amide bonds. The summed E-state index contributed by atoms with van der Waals surface area (Å²) in [7, 11) is 0. The summed E-state index contributed by atoms with van der Waals surface area (Å²) in [4.78, 5) is 34.2. The fraction of sp³-hybridized carbons (Fsp3) is 0.286. The van der Waals surface area contributed by atoms with Gasteiger partial charge in [0.2, 0.25) is 5.91 Å². The molecule has 2 heterocycles. The van der Waals surface area contributed by atoms with Gasteiger partial charge in [-0.3, -0.25) is 9.59 Å². The smallest absolute Gasteiger partial charge is 0.270 e. The lowest BCUT2D eigenvalue weighted by Gasteiger charge is -2.33. The first-order valence-electron chi connectivity index (χ1n) is 8.98. The summed E-state index contributed by atoms with van der Waals surface area (Å²) in [6.45, 7) is 2.88. The first-order chi connectivity index (χ1) is 12.6. The van der Waals surface area contributed by atoms with E-state index < -0.39 is 0 Å². The van der Waals surface area contributed by atoms with E-state index in [4.69, 9.17) is 0 Å². The van der Waals surface area contributed by atoms with E-state index in [0.717, 1.165) is 24.2 Å². The Kier molecular flexibility index (Phi) is 4.29. The van der Waals surface area contributed by atoms with E-state index in [2.05, 4.69) is 23.0 Å². The molecule has 1 aromatic heterocycles. The molecule has 5 heteroatoms. The van der Waals surface area contributed by atoms with Gasteiger partial charge in [0.25, 0.3) is 5.56 Å². The number of hydrogen-bond donors (Lipinski definition) is 1. The molecule has 5 nitrogen and oxygen atoms in total. The molecule has 0 saturated carbocycles. The van der Waals surface area contributed by atoms with Crippen LogP contribution in [0.1, 0.15) is 24.6 Å². The van der Waals surface area contributed by atoms with Crippen molar-refractivity contribution in [2.24, 2.45) is 5.92 Å². The number of rotatable bonds is 3. The Bertz CT molecular complexity index is 1020. The lowest BCUT2D eigenvalue weighted by Crippen LogP contribution is -2.39. The van der Waals surface area contributed by atoms with Gasteiger partial charge in [0.15, 0.2) is 0 Å². The van der Waals surface area contributed by atoms with Gasteiger partial charge in [0, 0.05) is 25.1 Å². The fourth-order valence-corrected chi connectivity index (χ4v) is 3.63. The number of para-hydroxylation sites is 3. The van der Waals surface area contributed by atoms with Crippen LogP contribution in [0.5, 0.6) is 0 Å². The Morgan fingerprint density at radius 1 is 1.19 bits per heavy atom. The molecule has 1 aliphatic rings. The van der Waals surface area contributed by atoms with Crippen LogP contribution in [0.3, 0.4) is 0 Å². The number of anilines is 1. The zero-order valence-electron chi connectivity index (χ0n) is 14.7. The van der Waals surface area contributed by atoms with Gasteiger partial charge in [-0.05, 0) is 36.1 Å². The minimum absolute atomic E-state index is 0.0401. The molecule has 0 saturated heterocycles. The van der Waals surface area contributed by atoms with E-state index in [1.54, 1.807) is 0 Å². The van der Waals surface area contributed by atoms with Crippen molar-refractivity contribution in [2.75, 3.05) is 11.4 Å². The van der Waals surface area contributed by atoms with E-state index in [1.165, 1.54) is 5.56 Å². The Labute approximate surface area is 151 Å². The highest BCUT2D eigenvalue weighted by Gasteiger charge is 2.26. The monoisotopic (exact) mass is 347 g/mol. The molecule has 1 atom stereocenters. The first-order valence-corrected chi connectivity index (χ1v) is 8.98. The van der Waals surface area contributed by atoms with Gasteiger partial charge in [0.05, 0.1) is 11.0 Å². The molecular formula is C21H21N3O2. The second-order valence-electron chi connectivity index (χ2n) is 6.97. The summed E-state index contributed by atoms with van der Waals surface area (Å²) in [6, 6.07) is 15.5. The minimum Gasteiger partial charge on any atom is -0.319 e. The third-order valence-corrected chi connectivity index (χ3v) is 4.89. The van der Waals surface area contributed by atoms with Crippen LogP contribution >= 0.6 is 0 Å². The maximum atomic E-state index is 12.8. The number of H-pyrrole nitrogens is 1. The van der Waals surface area contributed by atoms with Crippen LogP contribution in [-0.2, 0) is 17.6 Å². The van der Waals surface area contributed by atoms with Crippen LogP contribution in [-0.4, -0.2) is 22.4 Å². The number of nitrogens with one attached hydrogen (secondary N) is 1. The summed E-state index contributed by atoms with van der Waals surface area (Å²) in [5, 5.41) is 0. The summed E-state index contributed by atoms with van der Waals surface area (Å²) < 4.78 is 0. The van der Waals surface area contributed by atoms with Crippen molar-refractivity contribution in [1.29, 1.82) is 0 Å². The number of hydrogen-bond acceptors (Lipinski definition) is 3. The van der Waals surface area contributed by atoms with Gasteiger partial charge in [-0.25, -0.2) is 4.98 Å². The molecule has 0 spiro atoms. The quantitative estimate of drug-likeness (QED) is 0.792. The molecule has 1 N–H and O–H groups in total. The number of fused-ring (bicyclic) bond motifs is 2. The third-order valence-electron chi connectivity index (χ3n) is 4.89. The average Bonchev–Trinajstić information content (AvgIpc) is 2.65. The molecule has 132 valence electrons. The van der Waals surface area contributed by atoms with Crippen molar-refractivity contribution >= 4 is 22.6 Å². The van der Waals surface area contributed by atoms with Crippen molar-refractivity contribution in [2.45, 2.75) is 26.2 Å². The van der Waals surface area contributed by atoms with Crippen LogP contribution in [0.15, 0.2) is 53.3 Å². The third kappa shape index (κ3) is 3.12. The summed E-state index contributed by atoms with van der Waals surface area (Å²) in [5.74, 6) is 0.467. The van der Waals surface area contributed by atoms with Crippen LogP contribution in [0.25, 0.3) is 11.0 Å². The van der Waals surface area contributed by atoms with Gasteiger partial charge in [-0.2, -0.15) is 0 Å². The largest absolute Gasteiger partial charge is 0.319 e. The number of benzene rings is 2. The minimum atomic E-state index is -0.219. The summed E-state index contributed by atoms with van der Waals surface area (Å²) in [6.07, 6.45) is 1.60. The van der Waals surface area contributed by atoms with Gasteiger partial charge >= 0.3 is 0 Å². The molecule has 4 rings (SSSR count).